The van der Waals surface area contributed by atoms with E-state index < -0.39 is 10.0 Å². The Hall–Kier alpha value is -0.830. The third-order valence-corrected chi connectivity index (χ3v) is 4.85. The summed E-state index contributed by atoms with van der Waals surface area (Å²) in [6, 6.07) is 3.01. The molecule has 120 valence electrons. The highest BCUT2D eigenvalue weighted by Gasteiger charge is 2.21. The zero-order valence-corrected chi connectivity index (χ0v) is 14.8. The molecule has 0 aliphatic carbocycles. The number of rotatable bonds is 9. The minimum Gasteiger partial charge on any atom is -0.495 e. The Bertz CT molecular complexity index is 564. The van der Waals surface area contributed by atoms with E-state index in [4.69, 9.17) is 9.47 Å². The molecule has 0 aliphatic rings. The Kier molecular flexibility index (Phi) is 7.44. The summed E-state index contributed by atoms with van der Waals surface area (Å²) in [7, 11) is -0.712. The summed E-state index contributed by atoms with van der Waals surface area (Å²) in [6.45, 7) is 3.80. The van der Waals surface area contributed by atoms with Crippen LogP contribution in [-0.2, 0) is 10.0 Å². The van der Waals surface area contributed by atoms with Gasteiger partial charge in [-0.25, -0.2) is 13.1 Å². The van der Waals surface area contributed by atoms with Crippen molar-refractivity contribution in [2.45, 2.75) is 18.2 Å². The summed E-state index contributed by atoms with van der Waals surface area (Å²) in [6.07, 6.45) is 1.01. The average molecular weight is 381 g/mol. The fraction of sp³-hybridized carbons (Fsp3) is 0.538. The summed E-state index contributed by atoms with van der Waals surface area (Å²) >= 11 is 3.28. The van der Waals surface area contributed by atoms with Crippen LogP contribution in [0.1, 0.15) is 13.3 Å². The minimum absolute atomic E-state index is 0.0770. The molecule has 0 atom stereocenters. The van der Waals surface area contributed by atoms with Crippen molar-refractivity contribution in [1.82, 2.24) is 10.0 Å². The number of hydrogen-bond donors (Lipinski definition) is 2. The number of halogens is 1. The third kappa shape index (κ3) is 5.14. The first-order chi connectivity index (χ1) is 9.96. The molecule has 21 heavy (non-hydrogen) atoms. The van der Waals surface area contributed by atoms with E-state index in [1.54, 1.807) is 0 Å². The van der Waals surface area contributed by atoms with Gasteiger partial charge in [-0.2, -0.15) is 0 Å². The average Bonchev–Trinajstić information content (AvgIpc) is 2.46. The number of hydrogen-bond acceptors (Lipinski definition) is 5. The molecule has 1 aromatic rings. The fourth-order valence-electron chi connectivity index (χ4n) is 1.70. The molecule has 0 unspecified atom stereocenters. The van der Waals surface area contributed by atoms with Gasteiger partial charge in [-0.05, 0) is 35.0 Å². The SMILES string of the molecule is CCCNCCNS(=O)(=O)c1cc(Br)c(OC)cc1OC. The zero-order chi connectivity index (χ0) is 15.9. The highest BCUT2D eigenvalue weighted by atomic mass is 79.9. The van der Waals surface area contributed by atoms with Gasteiger partial charge in [0, 0.05) is 19.2 Å². The molecule has 1 aromatic carbocycles. The Morgan fingerprint density at radius 2 is 1.76 bits per heavy atom. The van der Waals surface area contributed by atoms with Crippen molar-refractivity contribution in [3.05, 3.63) is 16.6 Å². The maximum absolute atomic E-state index is 12.3. The van der Waals surface area contributed by atoms with Crippen LogP contribution in [-0.4, -0.2) is 42.3 Å². The van der Waals surface area contributed by atoms with E-state index in [1.807, 2.05) is 0 Å². The van der Waals surface area contributed by atoms with E-state index in [0.29, 0.717) is 23.3 Å². The van der Waals surface area contributed by atoms with E-state index in [2.05, 4.69) is 32.9 Å². The lowest BCUT2D eigenvalue weighted by Crippen LogP contribution is -2.32. The van der Waals surface area contributed by atoms with Gasteiger partial charge in [0.1, 0.15) is 16.4 Å². The molecule has 8 heteroatoms. The van der Waals surface area contributed by atoms with Gasteiger partial charge in [0.2, 0.25) is 10.0 Å². The van der Waals surface area contributed by atoms with Crippen molar-refractivity contribution < 1.29 is 17.9 Å². The van der Waals surface area contributed by atoms with Crippen molar-refractivity contribution in [2.75, 3.05) is 33.9 Å². The summed E-state index contributed by atoms with van der Waals surface area (Å²) in [5.41, 5.74) is 0. The van der Waals surface area contributed by atoms with Crippen LogP contribution in [0.15, 0.2) is 21.5 Å². The molecule has 0 aliphatic heterocycles. The first-order valence-electron chi connectivity index (χ1n) is 6.58. The molecule has 0 aromatic heterocycles. The van der Waals surface area contributed by atoms with Crippen molar-refractivity contribution >= 4 is 26.0 Å². The number of sulfonamides is 1. The highest BCUT2D eigenvalue weighted by molar-refractivity contribution is 9.10. The molecule has 0 spiro atoms. The number of ether oxygens (including phenoxy) is 2. The zero-order valence-electron chi connectivity index (χ0n) is 12.4. The van der Waals surface area contributed by atoms with Crippen molar-refractivity contribution in [2.24, 2.45) is 0 Å². The molecule has 0 bridgehead atoms. The van der Waals surface area contributed by atoms with Crippen molar-refractivity contribution in [3.63, 3.8) is 0 Å². The summed E-state index contributed by atoms with van der Waals surface area (Å²) in [4.78, 5) is 0.0770. The largest absolute Gasteiger partial charge is 0.495 e. The lowest BCUT2D eigenvalue weighted by molar-refractivity contribution is 0.384. The molecule has 0 fully saturated rings. The van der Waals surface area contributed by atoms with Gasteiger partial charge in [0.25, 0.3) is 0 Å². The highest BCUT2D eigenvalue weighted by Crippen LogP contribution is 2.35. The smallest absolute Gasteiger partial charge is 0.244 e. The molecule has 0 radical (unpaired) electrons. The standard InChI is InChI=1S/C13H21BrN2O4S/c1-4-5-15-6-7-16-21(17,18)13-8-10(14)11(19-2)9-12(13)20-3/h8-9,15-16H,4-7H2,1-3H3. The molecular weight excluding hydrogens is 360 g/mol. The summed E-state index contributed by atoms with van der Waals surface area (Å²) in [5, 5.41) is 3.13. The van der Waals surface area contributed by atoms with Crippen molar-refractivity contribution in [3.8, 4) is 11.5 Å². The first kappa shape index (κ1) is 18.2. The van der Waals surface area contributed by atoms with Crippen molar-refractivity contribution in [1.29, 1.82) is 0 Å². The topological polar surface area (TPSA) is 76.7 Å². The second-order valence-electron chi connectivity index (χ2n) is 4.29. The molecular formula is C13H21BrN2O4S. The van der Waals surface area contributed by atoms with Gasteiger partial charge >= 0.3 is 0 Å². The van der Waals surface area contributed by atoms with Crippen LogP contribution in [0.2, 0.25) is 0 Å². The van der Waals surface area contributed by atoms with E-state index in [0.717, 1.165) is 13.0 Å². The third-order valence-electron chi connectivity index (χ3n) is 2.75. The first-order valence-corrected chi connectivity index (χ1v) is 8.85. The molecule has 1 rings (SSSR count). The fourth-order valence-corrected chi connectivity index (χ4v) is 3.56. The van der Waals surface area contributed by atoms with Crippen LogP contribution in [0.25, 0.3) is 0 Å². The van der Waals surface area contributed by atoms with E-state index >= 15 is 0 Å². The Balaban J connectivity index is 2.89. The second-order valence-corrected chi connectivity index (χ2v) is 6.88. The predicted molar refractivity (Wildman–Crippen MR) is 85.6 cm³/mol. The monoisotopic (exact) mass is 380 g/mol. The van der Waals surface area contributed by atoms with Crippen LogP contribution < -0.4 is 19.5 Å². The van der Waals surface area contributed by atoms with Gasteiger partial charge < -0.3 is 14.8 Å². The van der Waals surface area contributed by atoms with Crippen LogP contribution in [0.3, 0.4) is 0 Å². The quantitative estimate of drug-likeness (QED) is 0.638. The van der Waals surface area contributed by atoms with Gasteiger partial charge in [0.05, 0.1) is 18.7 Å². The van der Waals surface area contributed by atoms with Gasteiger partial charge in [-0.15, -0.1) is 0 Å². The Morgan fingerprint density at radius 3 is 2.33 bits per heavy atom. The molecule has 0 saturated carbocycles. The van der Waals surface area contributed by atoms with E-state index in [1.165, 1.54) is 26.4 Å². The minimum atomic E-state index is -3.64. The summed E-state index contributed by atoms with van der Waals surface area (Å²) in [5.74, 6) is 0.750. The molecule has 6 nitrogen and oxygen atoms in total. The van der Waals surface area contributed by atoms with Gasteiger partial charge in [-0.1, -0.05) is 6.92 Å². The number of methoxy groups -OCH3 is 2. The van der Waals surface area contributed by atoms with Crippen LogP contribution in [0.4, 0.5) is 0 Å². The maximum Gasteiger partial charge on any atom is 0.244 e. The van der Waals surface area contributed by atoms with Gasteiger partial charge in [-0.3, -0.25) is 0 Å². The Labute approximate surface area is 134 Å². The van der Waals surface area contributed by atoms with Crippen LogP contribution in [0, 0.1) is 0 Å². The predicted octanol–water partition coefficient (Wildman–Crippen LogP) is 1.74. The number of benzene rings is 1. The maximum atomic E-state index is 12.3. The lowest BCUT2D eigenvalue weighted by atomic mass is 10.3. The molecule has 0 saturated heterocycles. The normalized spacial score (nSPS) is 11.4. The molecule has 2 N–H and O–H groups in total. The lowest BCUT2D eigenvalue weighted by Gasteiger charge is -2.13. The number of nitrogens with one attached hydrogen (secondary N) is 2. The molecule has 0 heterocycles. The van der Waals surface area contributed by atoms with E-state index in [-0.39, 0.29) is 10.6 Å². The van der Waals surface area contributed by atoms with E-state index in [9.17, 15) is 8.42 Å². The Morgan fingerprint density at radius 1 is 1.10 bits per heavy atom. The van der Waals surface area contributed by atoms with Crippen LogP contribution in [0.5, 0.6) is 11.5 Å². The van der Waals surface area contributed by atoms with Gasteiger partial charge in [0.15, 0.2) is 0 Å². The molecule has 0 amide bonds. The summed E-state index contributed by atoms with van der Waals surface area (Å²) < 4.78 is 38.0. The van der Waals surface area contributed by atoms with Crippen LogP contribution >= 0.6 is 15.9 Å². The second kappa shape index (κ2) is 8.57.